The fourth-order valence-corrected chi connectivity index (χ4v) is 5.77. The molecule has 0 atom stereocenters. The second-order valence-corrected chi connectivity index (χ2v) is 11.0. The van der Waals surface area contributed by atoms with Gasteiger partial charge in [0.2, 0.25) is 15.2 Å². The molecule has 1 saturated heterocycles. The van der Waals surface area contributed by atoms with E-state index in [1.807, 2.05) is 24.3 Å². The molecular weight excluding hydrogens is 504 g/mol. The van der Waals surface area contributed by atoms with Gasteiger partial charge in [-0.2, -0.15) is 4.99 Å². The molecule has 176 valence electrons. The lowest BCUT2D eigenvalue weighted by atomic mass is 10.2. The molecule has 1 amide bonds. The molecule has 0 saturated carbocycles. The zero-order valence-electron chi connectivity index (χ0n) is 18.1. The maximum Gasteiger partial charge on any atom is 0.267 e. The Morgan fingerprint density at radius 3 is 2.60 bits per heavy atom. The van der Waals surface area contributed by atoms with Crippen molar-refractivity contribution < 1.29 is 17.6 Å². The van der Waals surface area contributed by atoms with E-state index in [0.717, 1.165) is 10.2 Å². The number of para-hydroxylation sites is 1. The molecule has 0 aliphatic carbocycles. The lowest BCUT2D eigenvalue weighted by Crippen LogP contribution is -2.29. The number of hydrogen-bond donors (Lipinski definition) is 1. The topological polar surface area (TPSA) is 119 Å². The van der Waals surface area contributed by atoms with Crippen molar-refractivity contribution in [1.29, 1.82) is 0 Å². The minimum Gasteiger partial charge on any atom is -0.457 e. The van der Waals surface area contributed by atoms with Gasteiger partial charge in [0.15, 0.2) is 5.17 Å². The van der Waals surface area contributed by atoms with E-state index in [9.17, 15) is 13.2 Å². The van der Waals surface area contributed by atoms with Crippen molar-refractivity contribution in [2.24, 2.45) is 10.1 Å². The van der Waals surface area contributed by atoms with E-state index >= 15 is 0 Å². The fourth-order valence-electron chi connectivity index (χ4n) is 3.39. The first-order chi connectivity index (χ1) is 16.8. The number of primary sulfonamides is 1. The summed E-state index contributed by atoms with van der Waals surface area (Å²) in [5.74, 6) is 0.802. The molecule has 8 nitrogen and oxygen atoms in total. The molecule has 1 aliphatic rings. The molecule has 0 radical (unpaired) electrons. The Bertz CT molecular complexity index is 1580. The summed E-state index contributed by atoms with van der Waals surface area (Å²) >= 11 is 2.70. The highest BCUT2D eigenvalue weighted by atomic mass is 32.2. The van der Waals surface area contributed by atoms with Crippen LogP contribution in [0.15, 0.2) is 92.5 Å². The molecule has 3 heterocycles. The number of nitrogens with two attached hydrogens (primary N) is 1. The maximum atomic E-state index is 13.1. The van der Waals surface area contributed by atoms with Gasteiger partial charge in [-0.1, -0.05) is 29.5 Å². The van der Waals surface area contributed by atoms with Gasteiger partial charge in [-0.05, 0) is 60.3 Å². The average Bonchev–Trinajstić information content (AvgIpc) is 3.53. The van der Waals surface area contributed by atoms with E-state index in [2.05, 4.69) is 16.6 Å². The molecule has 2 N–H and O–H groups in total. The van der Waals surface area contributed by atoms with E-state index in [-0.39, 0.29) is 10.8 Å². The normalized spacial score (nSPS) is 16.6. The quantitative estimate of drug-likeness (QED) is 0.281. The minimum absolute atomic E-state index is 0.0188. The number of aliphatic imine (C=N–C) groups is 1. The standard InChI is InChI=1S/C24H18N4O4S3/c1-2-13-28-22(29)21(34-24(28)27-23-26-18-5-3-4-6-20(18)33-23)14-16-9-12-19(32-16)15-7-10-17(11-8-15)35(25,30)31/h2-12,14H,1,13H2,(H2,25,30,31). The minimum atomic E-state index is -3.77. The zero-order valence-corrected chi connectivity index (χ0v) is 20.6. The second kappa shape index (κ2) is 9.27. The third kappa shape index (κ3) is 4.84. The third-order valence-corrected chi connectivity index (χ3v) is 7.91. The number of fused-ring (bicyclic) bond motifs is 1. The number of carbonyl (C=O) groups excluding carboxylic acids is 1. The molecule has 2 aromatic carbocycles. The van der Waals surface area contributed by atoms with Crippen molar-refractivity contribution in [3.8, 4) is 11.3 Å². The summed E-state index contributed by atoms with van der Waals surface area (Å²) in [4.78, 5) is 24.2. The van der Waals surface area contributed by atoms with E-state index in [1.54, 1.807) is 41.3 Å². The van der Waals surface area contributed by atoms with Crippen LogP contribution in [0.4, 0.5) is 5.13 Å². The van der Waals surface area contributed by atoms with E-state index < -0.39 is 10.0 Å². The van der Waals surface area contributed by atoms with Gasteiger partial charge in [0, 0.05) is 18.2 Å². The van der Waals surface area contributed by atoms with Crippen LogP contribution in [0.3, 0.4) is 0 Å². The largest absolute Gasteiger partial charge is 0.457 e. The van der Waals surface area contributed by atoms with Crippen molar-refractivity contribution in [2.75, 3.05) is 6.54 Å². The maximum absolute atomic E-state index is 13.1. The van der Waals surface area contributed by atoms with Gasteiger partial charge in [-0.3, -0.25) is 9.69 Å². The van der Waals surface area contributed by atoms with Crippen LogP contribution in [0.2, 0.25) is 0 Å². The fraction of sp³-hybridized carbons (Fsp3) is 0.0417. The highest BCUT2D eigenvalue weighted by Crippen LogP contribution is 2.36. The summed E-state index contributed by atoms with van der Waals surface area (Å²) in [7, 11) is -3.77. The Morgan fingerprint density at radius 1 is 1.11 bits per heavy atom. The number of carbonyl (C=O) groups is 1. The smallest absolute Gasteiger partial charge is 0.267 e. The third-order valence-electron chi connectivity index (χ3n) is 5.04. The molecule has 4 aromatic rings. The van der Waals surface area contributed by atoms with Gasteiger partial charge >= 0.3 is 0 Å². The molecule has 0 unspecified atom stereocenters. The van der Waals surface area contributed by atoms with Crippen LogP contribution >= 0.6 is 23.1 Å². The van der Waals surface area contributed by atoms with E-state index in [0.29, 0.717) is 38.8 Å². The van der Waals surface area contributed by atoms with Crippen LogP contribution in [-0.2, 0) is 14.8 Å². The van der Waals surface area contributed by atoms with Crippen molar-refractivity contribution in [1.82, 2.24) is 9.88 Å². The average molecular weight is 523 g/mol. The predicted molar refractivity (Wildman–Crippen MR) is 140 cm³/mol. The van der Waals surface area contributed by atoms with Crippen LogP contribution in [0.25, 0.3) is 27.6 Å². The predicted octanol–water partition coefficient (Wildman–Crippen LogP) is 4.99. The van der Waals surface area contributed by atoms with Crippen molar-refractivity contribution in [3.05, 3.63) is 84.0 Å². The van der Waals surface area contributed by atoms with Gasteiger partial charge in [0.05, 0.1) is 20.0 Å². The Labute approximate surface area is 209 Å². The lowest BCUT2D eigenvalue weighted by Gasteiger charge is -2.11. The van der Waals surface area contributed by atoms with Crippen molar-refractivity contribution in [2.45, 2.75) is 4.90 Å². The summed E-state index contributed by atoms with van der Waals surface area (Å²) in [5.41, 5.74) is 1.54. The highest BCUT2D eigenvalue weighted by molar-refractivity contribution is 8.18. The summed E-state index contributed by atoms with van der Waals surface area (Å²) in [5, 5.41) is 6.24. The number of amidine groups is 1. The second-order valence-electron chi connectivity index (χ2n) is 7.45. The van der Waals surface area contributed by atoms with Crippen LogP contribution in [-0.4, -0.2) is 35.9 Å². The number of thiazole rings is 1. The van der Waals surface area contributed by atoms with E-state index in [1.165, 1.54) is 35.2 Å². The SMILES string of the molecule is C=CCN1C(=O)C(=Cc2ccc(-c3ccc(S(N)(=O)=O)cc3)o2)SC1=Nc1nc2ccccc2s1. The molecule has 5 rings (SSSR count). The molecule has 0 spiro atoms. The Morgan fingerprint density at radius 2 is 1.89 bits per heavy atom. The Kier molecular flexibility index (Phi) is 6.15. The lowest BCUT2D eigenvalue weighted by molar-refractivity contribution is -0.121. The number of rotatable bonds is 6. The molecule has 11 heteroatoms. The number of furan rings is 1. The zero-order chi connectivity index (χ0) is 24.6. The first-order valence-electron chi connectivity index (χ1n) is 10.3. The van der Waals surface area contributed by atoms with Gasteiger partial charge < -0.3 is 4.42 Å². The highest BCUT2D eigenvalue weighted by Gasteiger charge is 2.33. The van der Waals surface area contributed by atoms with Crippen LogP contribution in [0, 0.1) is 0 Å². The Hall–Kier alpha value is -3.51. The number of hydrogen-bond acceptors (Lipinski definition) is 8. The van der Waals surface area contributed by atoms with Crippen LogP contribution in [0.5, 0.6) is 0 Å². The Balaban J connectivity index is 1.42. The first kappa shape index (κ1) is 23.2. The molecular formula is C24H18N4O4S3. The summed E-state index contributed by atoms with van der Waals surface area (Å²) in [6, 6.07) is 17.3. The van der Waals surface area contributed by atoms with Crippen LogP contribution in [0.1, 0.15) is 5.76 Å². The van der Waals surface area contributed by atoms with Gasteiger partial charge in [-0.25, -0.2) is 18.5 Å². The summed E-state index contributed by atoms with van der Waals surface area (Å²) < 4.78 is 29.8. The number of thioether (sulfide) groups is 1. The number of aromatic nitrogens is 1. The van der Waals surface area contributed by atoms with Crippen molar-refractivity contribution in [3.63, 3.8) is 0 Å². The molecule has 1 fully saturated rings. The van der Waals surface area contributed by atoms with E-state index in [4.69, 9.17) is 9.56 Å². The molecule has 2 aromatic heterocycles. The molecule has 0 bridgehead atoms. The number of amides is 1. The first-order valence-corrected chi connectivity index (χ1v) is 13.5. The van der Waals surface area contributed by atoms with Gasteiger partial charge in [0.1, 0.15) is 11.5 Å². The number of sulfonamides is 1. The number of benzene rings is 2. The monoisotopic (exact) mass is 522 g/mol. The summed E-state index contributed by atoms with van der Waals surface area (Å²) in [6.07, 6.45) is 3.30. The number of nitrogens with zero attached hydrogens (tertiary/aromatic N) is 3. The summed E-state index contributed by atoms with van der Waals surface area (Å²) in [6.45, 7) is 4.06. The molecule has 35 heavy (non-hydrogen) atoms. The van der Waals surface area contributed by atoms with Gasteiger partial charge in [-0.15, -0.1) is 6.58 Å². The van der Waals surface area contributed by atoms with Gasteiger partial charge in [0.25, 0.3) is 5.91 Å². The van der Waals surface area contributed by atoms with Crippen molar-refractivity contribution >= 4 is 65.6 Å². The van der Waals surface area contributed by atoms with Crippen LogP contribution < -0.4 is 5.14 Å². The molecule has 1 aliphatic heterocycles.